The Kier molecular flexibility index (Phi) is 9.07. The smallest absolute Gasteiger partial charge is 0.161 e. The van der Waals surface area contributed by atoms with Gasteiger partial charge in [-0.15, -0.1) is 0 Å². The Morgan fingerprint density at radius 1 is 0.613 bits per heavy atom. The van der Waals surface area contributed by atoms with E-state index < -0.39 is 31.1 Å². The zero-order chi connectivity index (χ0) is 22.7. The number of ether oxygens (including phenoxy) is 8. The highest BCUT2D eigenvalue weighted by Crippen LogP contribution is 2.33. The Bertz CT molecular complexity index is 550. The molecular weight excluding hydrogens is 412 g/mol. The van der Waals surface area contributed by atoms with E-state index in [4.69, 9.17) is 37.9 Å². The van der Waals surface area contributed by atoms with Crippen LogP contribution in [0.4, 0.5) is 0 Å². The highest BCUT2D eigenvalue weighted by atomic mass is 16.7. The summed E-state index contributed by atoms with van der Waals surface area (Å²) in [6, 6.07) is 0. The van der Waals surface area contributed by atoms with Crippen LogP contribution in [0.2, 0.25) is 0 Å². The average Bonchev–Trinajstić information content (AvgIpc) is 2.73. The van der Waals surface area contributed by atoms with Crippen LogP contribution in [0, 0.1) is 0 Å². The Morgan fingerprint density at radius 3 is 1.61 bits per heavy atom. The number of hydrogen-bond acceptors (Lipinski definition) is 10. The fourth-order valence-corrected chi connectivity index (χ4v) is 4.64. The molecule has 2 N–H and O–H groups in total. The van der Waals surface area contributed by atoms with Gasteiger partial charge in [-0.2, -0.15) is 0 Å². The van der Waals surface area contributed by atoms with Crippen molar-refractivity contribution in [2.45, 2.75) is 114 Å². The predicted molar refractivity (Wildman–Crippen MR) is 107 cm³/mol. The molecule has 0 unspecified atom stereocenters. The minimum absolute atomic E-state index is 0.285. The van der Waals surface area contributed by atoms with Crippen molar-refractivity contribution >= 4 is 0 Å². The minimum Gasteiger partial charge on any atom is -0.388 e. The first-order valence-electron chi connectivity index (χ1n) is 11.0. The van der Waals surface area contributed by atoms with Crippen molar-refractivity contribution in [2.24, 2.45) is 0 Å². The molecule has 10 nitrogen and oxygen atoms in total. The first-order chi connectivity index (χ1) is 14.8. The summed E-state index contributed by atoms with van der Waals surface area (Å²) < 4.78 is 46.4. The molecule has 3 rings (SSSR count). The van der Waals surface area contributed by atoms with Crippen LogP contribution in [0.15, 0.2) is 0 Å². The van der Waals surface area contributed by atoms with Gasteiger partial charge in [-0.3, -0.25) is 0 Å². The lowest BCUT2D eigenvalue weighted by atomic mass is 9.99. The van der Waals surface area contributed by atoms with Crippen LogP contribution in [-0.2, 0) is 37.9 Å². The molecule has 0 aliphatic carbocycles. The van der Waals surface area contributed by atoms with Crippen molar-refractivity contribution in [1.82, 2.24) is 0 Å². The average molecular weight is 451 g/mol. The van der Waals surface area contributed by atoms with E-state index in [0.717, 1.165) is 0 Å². The molecule has 3 saturated heterocycles. The second-order valence-corrected chi connectivity index (χ2v) is 8.56. The van der Waals surface area contributed by atoms with Crippen LogP contribution in [0.3, 0.4) is 0 Å². The van der Waals surface area contributed by atoms with Gasteiger partial charge < -0.3 is 48.1 Å². The number of methoxy groups -OCH3 is 3. The fraction of sp³-hybridized carbons (Fsp3) is 1.00. The number of hydrogen-bond donors (Lipinski definition) is 2. The van der Waals surface area contributed by atoms with E-state index in [1.165, 1.54) is 0 Å². The van der Waals surface area contributed by atoms with Gasteiger partial charge in [0.05, 0.1) is 36.6 Å². The van der Waals surface area contributed by atoms with Crippen LogP contribution in [0.25, 0.3) is 0 Å². The molecule has 0 bridgehead atoms. The van der Waals surface area contributed by atoms with Gasteiger partial charge in [-0.25, -0.2) is 0 Å². The summed E-state index contributed by atoms with van der Waals surface area (Å²) in [5, 5.41) is 20.0. The Hall–Kier alpha value is -0.400. The topological polar surface area (TPSA) is 114 Å². The molecule has 182 valence electrons. The van der Waals surface area contributed by atoms with Crippen LogP contribution >= 0.6 is 0 Å². The number of rotatable bonds is 7. The Balaban J connectivity index is 1.60. The third-order valence-electron chi connectivity index (χ3n) is 6.43. The summed E-state index contributed by atoms with van der Waals surface area (Å²) in [5.74, 6) is 0. The largest absolute Gasteiger partial charge is 0.388 e. The van der Waals surface area contributed by atoms with E-state index in [-0.39, 0.29) is 42.7 Å². The molecule has 31 heavy (non-hydrogen) atoms. The molecule has 0 spiro atoms. The number of aliphatic hydroxyl groups is 2. The lowest BCUT2D eigenvalue weighted by Gasteiger charge is -2.45. The minimum atomic E-state index is -0.872. The normalized spacial score (nSPS) is 49.2. The maximum absolute atomic E-state index is 10.2. The second kappa shape index (κ2) is 11.1. The van der Waals surface area contributed by atoms with Gasteiger partial charge in [0.15, 0.2) is 18.9 Å². The molecule has 10 heteroatoms. The third kappa shape index (κ3) is 5.94. The van der Waals surface area contributed by atoms with Crippen molar-refractivity contribution < 1.29 is 48.1 Å². The van der Waals surface area contributed by atoms with Gasteiger partial charge in [0.2, 0.25) is 0 Å². The molecule has 0 aromatic carbocycles. The van der Waals surface area contributed by atoms with E-state index in [1.807, 2.05) is 13.8 Å². The van der Waals surface area contributed by atoms with E-state index in [2.05, 4.69) is 0 Å². The summed E-state index contributed by atoms with van der Waals surface area (Å²) in [6.45, 7) is 5.54. The molecule has 0 amide bonds. The maximum atomic E-state index is 10.2. The van der Waals surface area contributed by atoms with Gasteiger partial charge in [0.1, 0.15) is 18.3 Å². The highest BCUT2D eigenvalue weighted by molar-refractivity contribution is 4.88. The van der Waals surface area contributed by atoms with Crippen LogP contribution < -0.4 is 0 Å². The van der Waals surface area contributed by atoms with Crippen molar-refractivity contribution in [2.75, 3.05) is 21.3 Å². The quantitative estimate of drug-likeness (QED) is 0.570. The van der Waals surface area contributed by atoms with Crippen LogP contribution in [0.1, 0.15) is 40.0 Å². The molecule has 12 atom stereocenters. The molecule has 3 aliphatic heterocycles. The Morgan fingerprint density at radius 2 is 1.06 bits per heavy atom. The fourth-order valence-electron chi connectivity index (χ4n) is 4.64. The first-order valence-corrected chi connectivity index (χ1v) is 11.0. The van der Waals surface area contributed by atoms with E-state index in [9.17, 15) is 10.2 Å². The van der Waals surface area contributed by atoms with Crippen molar-refractivity contribution in [3.63, 3.8) is 0 Å². The van der Waals surface area contributed by atoms with Crippen LogP contribution in [-0.4, -0.2) is 105 Å². The molecule has 3 heterocycles. The van der Waals surface area contributed by atoms with Gasteiger partial charge in [-0.05, 0) is 20.8 Å². The molecule has 0 aromatic heterocycles. The summed E-state index contributed by atoms with van der Waals surface area (Å²) in [7, 11) is 4.79. The van der Waals surface area contributed by atoms with Crippen molar-refractivity contribution in [1.29, 1.82) is 0 Å². The van der Waals surface area contributed by atoms with E-state index >= 15 is 0 Å². The van der Waals surface area contributed by atoms with Gasteiger partial charge in [-0.1, -0.05) is 0 Å². The van der Waals surface area contributed by atoms with Gasteiger partial charge in [0, 0.05) is 40.6 Å². The molecule has 3 aliphatic rings. The van der Waals surface area contributed by atoms with Gasteiger partial charge in [0.25, 0.3) is 0 Å². The highest BCUT2D eigenvalue weighted by Gasteiger charge is 2.45. The molecule has 0 radical (unpaired) electrons. The lowest BCUT2D eigenvalue weighted by Crippen LogP contribution is -2.56. The molecular formula is C21H38O10. The summed E-state index contributed by atoms with van der Waals surface area (Å²) in [4.78, 5) is 0. The molecule has 3 fully saturated rings. The molecule has 0 saturated carbocycles. The first kappa shape index (κ1) is 25.2. The van der Waals surface area contributed by atoms with Gasteiger partial charge >= 0.3 is 0 Å². The lowest BCUT2D eigenvalue weighted by molar-refractivity contribution is -0.334. The summed E-state index contributed by atoms with van der Waals surface area (Å²) >= 11 is 0. The van der Waals surface area contributed by atoms with Crippen molar-refractivity contribution in [3.05, 3.63) is 0 Å². The monoisotopic (exact) mass is 450 g/mol. The SMILES string of the molecule is CO[C@H]1C[C@H](O[C@H]2[C@@H](OC)C[C@@H](O[C@H]3[C@@H](C)O[C@@H](O)C[C@H]3OC)O[C@@H]2C)O[C@H](C)[C@H]1O. The number of aliphatic hydroxyl groups excluding tert-OH is 2. The molecule has 0 aromatic rings. The van der Waals surface area contributed by atoms with Crippen LogP contribution in [0.5, 0.6) is 0 Å². The Labute approximate surface area is 184 Å². The third-order valence-corrected chi connectivity index (χ3v) is 6.43. The standard InChI is InChI=1S/C21H38O10/c1-10-19(23)13(24-4)8-17(28-10)30-21-12(3)29-18(9-15(21)26-6)31-20-11(2)27-16(22)7-14(20)25-5/h10-23H,7-9H2,1-6H3/t10-,11-,12-,13+,14-,15+,16-,17+,18-,19-,20+,21-/m1/s1. The van der Waals surface area contributed by atoms with E-state index in [0.29, 0.717) is 19.3 Å². The van der Waals surface area contributed by atoms with Crippen molar-refractivity contribution in [3.8, 4) is 0 Å². The zero-order valence-corrected chi connectivity index (χ0v) is 19.2. The maximum Gasteiger partial charge on any atom is 0.161 e. The second-order valence-electron chi connectivity index (χ2n) is 8.56. The van der Waals surface area contributed by atoms with E-state index in [1.54, 1.807) is 28.3 Å². The predicted octanol–water partition coefficient (Wildman–Crippen LogP) is 0.560. The summed E-state index contributed by atoms with van der Waals surface area (Å²) in [6.07, 6.45) is -4.26. The summed E-state index contributed by atoms with van der Waals surface area (Å²) in [5.41, 5.74) is 0. The zero-order valence-electron chi connectivity index (χ0n) is 19.2.